The largest absolute Gasteiger partial charge is 0.508 e. The van der Waals surface area contributed by atoms with Crippen molar-refractivity contribution >= 4 is 16.5 Å². The van der Waals surface area contributed by atoms with Gasteiger partial charge in [-0.15, -0.1) is 0 Å². The number of fused-ring (bicyclic) bond motifs is 1. The van der Waals surface area contributed by atoms with Gasteiger partial charge in [-0.1, -0.05) is 6.58 Å². The van der Waals surface area contributed by atoms with Gasteiger partial charge in [-0.2, -0.15) is 0 Å². The van der Waals surface area contributed by atoms with Crippen LogP contribution in [0, 0.1) is 0 Å². The molecule has 0 saturated carbocycles. The van der Waals surface area contributed by atoms with Crippen LogP contribution in [0.2, 0.25) is 0 Å². The van der Waals surface area contributed by atoms with E-state index in [1.807, 2.05) is 13.0 Å². The molecule has 1 aromatic carbocycles. The second-order valence-corrected chi connectivity index (χ2v) is 3.11. The Labute approximate surface area is 76.1 Å². The van der Waals surface area contributed by atoms with Crippen molar-refractivity contribution in [3.8, 4) is 5.75 Å². The lowest BCUT2D eigenvalue weighted by Crippen LogP contribution is -1.72. The van der Waals surface area contributed by atoms with Crippen molar-refractivity contribution in [3.63, 3.8) is 0 Å². The Balaban J connectivity index is 2.76. The molecular formula is C11H10O2. The Morgan fingerprint density at radius 3 is 2.92 bits per heavy atom. The predicted octanol–water partition coefficient (Wildman–Crippen LogP) is 3.17. The lowest BCUT2D eigenvalue weighted by molar-refractivity contribution is 0.474. The van der Waals surface area contributed by atoms with E-state index >= 15 is 0 Å². The maximum atomic E-state index is 9.20. The van der Waals surface area contributed by atoms with Gasteiger partial charge < -0.3 is 9.52 Å². The van der Waals surface area contributed by atoms with Crippen molar-refractivity contribution in [3.05, 3.63) is 36.6 Å². The Hall–Kier alpha value is -1.70. The summed E-state index contributed by atoms with van der Waals surface area (Å²) in [5.74, 6) is 0.218. The van der Waals surface area contributed by atoms with E-state index in [-0.39, 0.29) is 5.75 Å². The van der Waals surface area contributed by atoms with Crippen LogP contribution in [0.4, 0.5) is 0 Å². The molecule has 2 nitrogen and oxygen atoms in total. The third-order valence-electron chi connectivity index (χ3n) is 2.02. The molecular weight excluding hydrogens is 164 g/mol. The second-order valence-electron chi connectivity index (χ2n) is 3.11. The molecule has 0 saturated heterocycles. The standard InChI is InChI=1S/C11H10O2/c1-7(2)10-6-13-11-5-8(12)3-4-9(10)11/h3-6,12H,1H2,2H3. The fraction of sp³-hybridized carbons (Fsp3) is 0.0909. The van der Waals surface area contributed by atoms with Crippen molar-refractivity contribution in [1.29, 1.82) is 0 Å². The Bertz CT molecular complexity index is 466. The first kappa shape index (κ1) is 7.92. The van der Waals surface area contributed by atoms with Gasteiger partial charge in [0, 0.05) is 17.0 Å². The monoisotopic (exact) mass is 174 g/mol. The zero-order chi connectivity index (χ0) is 9.42. The third-order valence-corrected chi connectivity index (χ3v) is 2.02. The molecule has 2 rings (SSSR count). The molecule has 0 bridgehead atoms. The minimum Gasteiger partial charge on any atom is -0.508 e. The maximum absolute atomic E-state index is 9.20. The van der Waals surface area contributed by atoms with Crippen molar-refractivity contribution in [2.75, 3.05) is 0 Å². The molecule has 0 spiro atoms. The average molecular weight is 174 g/mol. The number of phenols is 1. The molecule has 2 heteroatoms. The topological polar surface area (TPSA) is 33.4 Å². The Morgan fingerprint density at radius 1 is 1.46 bits per heavy atom. The van der Waals surface area contributed by atoms with Crippen LogP contribution in [0.1, 0.15) is 12.5 Å². The SMILES string of the molecule is C=C(C)c1coc2cc(O)ccc12. The molecule has 1 heterocycles. The van der Waals surface area contributed by atoms with Crippen LogP contribution in [-0.2, 0) is 0 Å². The van der Waals surface area contributed by atoms with Gasteiger partial charge in [0.2, 0.25) is 0 Å². The first-order chi connectivity index (χ1) is 6.18. The summed E-state index contributed by atoms with van der Waals surface area (Å²) in [6.07, 6.45) is 1.66. The minimum absolute atomic E-state index is 0.218. The summed E-state index contributed by atoms with van der Waals surface area (Å²) in [7, 11) is 0. The highest BCUT2D eigenvalue weighted by atomic mass is 16.3. The smallest absolute Gasteiger partial charge is 0.138 e. The number of benzene rings is 1. The van der Waals surface area contributed by atoms with E-state index in [0.717, 1.165) is 16.5 Å². The van der Waals surface area contributed by atoms with Crippen molar-refractivity contribution in [1.82, 2.24) is 0 Å². The highest BCUT2D eigenvalue weighted by Crippen LogP contribution is 2.28. The molecule has 0 aliphatic rings. The lowest BCUT2D eigenvalue weighted by atomic mass is 10.1. The second kappa shape index (κ2) is 2.66. The number of hydrogen-bond acceptors (Lipinski definition) is 2. The molecule has 0 aliphatic carbocycles. The molecule has 0 unspecified atom stereocenters. The molecule has 2 aromatic rings. The molecule has 0 atom stereocenters. The Morgan fingerprint density at radius 2 is 2.23 bits per heavy atom. The minimum atomic E-state index is 0.218. The van der Waals surface area contributed by atoms with Gasteiger partial charge in [0.15, 0.2) is 0 Å². The summed E-state index contributed by atoms with van der Waals surface area (Å²) in [6.45, 7) is 5.78. The molecule has 1 N–H and O–H groups in total. The van der Waals surface area contributed by atoms with Gasteiger partial charge in [-0.05, 0) is 24.6 Å². The van der Waals surface area contributed by atoms with E-state index in [1.54, 1.807) is 18.4 Å². The summed E-state index contributed by atoms with van der Waals surface area (Å²) in [4.78, 5) is 0. The molecule has 0 amide bonds. The zero-order valence-electron chi connectivity index (χ0n) is 7.37. The molecule has 1 aromatic heterocycles. The van der Waals surface area contributed by atoms with Crippen LogP contribution in [0.15, 0.2) is 35.5 Å². The predicted molar refractivity (Wildman–Crippen MR) is 52.6 cm³/mol. The van der Waals surface area contributed by atoms with Gasteiger partial charge in [0.05, 0.1) is 6.26 Å². The van der Waals surface area contributed by atoms with Crippen LogP contribution in [0.25, 0.3) is 16.5 Å². The summed E-state index contributed by atoms with van der Waals surface area (Å²) < 4.78 is 5.27. The summed E-state index contributed by atoms with van der Waals surface area (Å²) in [5, 5.41) is 10.2. The first-order valence-corrected chi connectivity index (χ1v) is 4.04. The summed E-state index contributed by atoms with van der Waals surface area (Å²) >= 11 is 0. The van der Waals surface area contributed by atoms with E-state index in [0.29, 0.717) is 5.58 Å². The highest BCUT2D eigenvalue weighted by Gasteiger charge is 2.05. The van der Waals surface area contributed by atoms with Crippen molar-refractivity contribution < 1.29 is 9.52 Å². The molecule has 0 aliphatic heterocycles. The first-order valence-electron chi connectivity index (χ1n) is 4.04. The zero-order valence-corrected chi connectivity index (χ0v) is 7.37. The number of allylic oxidation sites excluding steroid dienone is 1. The van der Waals surface area contributed by atoms with Crippen molar-refractivity contribution in [2.45, 2.75) is 6.92 Å². The normalized spacial score (nSPS) is 10.5. The van der Waals surface area contributed by atoms with Crippen LogP contribution < -0.4 is 0 Å². The number of rotatable bonds is 1. The van der Waals surface area contributed by atoms with Gasteiger partial charge in [0.25, 0.3) is 0 Å². The van der Waals surface area contributed by atoms with E-state index in [2.05, 4.69) is 6.58 Å². The van der Waals surface area contributed by atoms with E-state index < -0.39 is 0 Å². The third kappa shape index (κ3) is 1.20. The number of phenolic OH excluding ortho intramolecular Hbond substituents is 1. The van der Waals surface area contributed by atoms with Crippen LogP contribution in [-0.4, -0.2) is 5.11 Å². The van der Waals surface area contributed by atoms with Crippen molar-refractivity contribution in [2.24, 2.45) is 0 Å². The molecule has 13 heavy (non-hydrogen) atoms. The number of furan rings is 1. The quantitative estimate of drug-likeness (QED) is 0.720. The number of aromatic hydroxyl groups is 1. The number of hydrogen-bond donors (Lipinski definition) is 1. The highest BCUT2D eigenvalue weighted by molar-refractivity contribution is 5.90. The molecule has 0 radical (unpaired) electrons. The molecule has 66 valence electrons. The van der Waals surface area contributed by atoms with E-state index in [1.165, 1.54) is 0 Å². The lowest BCUT2D eigenvalue weighted by Gasteiger charge is -1.94. The van der Waals surface area contributed by atoms with E-state index in [9.17, 15) is 5.11 Å². The summed E-state index contributed by atoms with van der Waals surface area (Å²) in [5.41, 5.74) is 2.65. The fourth-order valence-electron chi connectivity index (χ4n) is 1.35. The van der Waals surface area contributed by atoms with Gasteiger partial charge in [0.1, 0.15) is 11.3 Å². The van der Waals surface area contributed by atoms with Crippen LogP contribution >= 0.6 is 0 Å². The van der Waals surface area contributed by atoms with Crippen LogP contribution in [0.5, 0.6) is 5.75 Å². The Kier molecular flexibility index (Phi) is 1.62. The molecule has 0 fully saturated rings. The van der Waals surface area contributed by atoms with Crippen LogP contribution in [0.3, 0.4) is 0 Å². The van der Waals surface area contributed by atoms with Gasteiger partial charge in [-0.25, -0.2) is 0 Å². The van der Waals surface area contributed by atoms with Gasteiger partial charge in [-0.3, -0.25) is 0 Å². The average Bonchev–Trinajstić information content (AvgIpc) is 2.46. The van der Waals surface area contributed by atoms with Gasteiger partial charge >= 0.3 is 0 Å². The maximum Gasteiger partial charge on any atom is 0.138 e. The summed E-state index contributed by atoms with van der Waals surface area (Å²) in [6, 6.07) is 5.07. The van der Waals surface area contributed by atoms with E-state index in [4.69, 9.17) is 4.42 Å². The fourth-order valence-corrected chi connectivity index (χ4v) is 1.35.